The van der Waals surface area contributed by atoms with Crippen LogP contribution in [-0.4, -0.2) is 55.7 Å². The zero-order valence-corrected chi connectivity index (χ0v) is 13.2. The van der Waals surface area contributed by atoms with Crippen molar-refractivity contribution in [3.8, 4) is 0 Å². The molecule has 1 aromatic carbocycles. The third-order valence-electron chi connectivity index (χ3n) is 4.99. The van der Waals surface area contributed by atoms with Crippen LogP contribution < -0.4 is 10.2 Å². The Morgan fingerprint density at radius 1 is 1.23 bits per heavy atom. The Morgan fingerprint density at radius 3 is 2.77 bits per heavy atom. The predicted octanol–water partition coefficient (Wildman–Crippen LogP) is 1.95. The first-order valence-electron chi connectivity index (χ1n) is 8.26. The lowest BCUT2D eigenvalue weighted by Gasteiger charge is -2.38. The Labute approximate surface area is 131 Å². The number of benzene rings is 1. The maximum Gasteiger partial charge on any atom is 0.298 e. The van der Waals surface area contributed by atoms with Crippen molar-refractivity contribution in [2.24, 2.45) is 5.41 Å². The second-order valence-corrected chi connectivity index (χ2v) is 6.96. The second kappa shape index (κ2) is 5.56. The average Bonchev–Trinajstić information content (AvgIpc) is 3.14. The molecule has 118 valence electrons. The monoisotopic (exact) mass is 300 g/mol. The Hall–Kier alpha value is -1.59. The highest BCUT2D eigenvalue weighted by Gasteiger charge is 2.32. The number of hydrogen-bond acceptors (Lipinski definition) is 5. The number of rotatable bonds is 3. The lowest BCUT2D eigenvalue weighted by atomic mass is 9.89. The number of oxazole rings is 1. The van der Waals surface area contributed by atoms with Gasteiger partial charge in [-0.25, -0.2) is 0 Å². The summed E-state index contributed by atoms with van der Waals surface area (Å²) < 4.78 is 5.88. The molecule has 0 spiro atoms. The lowest BCUT2D eigenvalue weighted by molar-refractivity contribution is 0.168. The van der Waals surface area contributed by atoms with E-state index in [9.17, 15) is 0 Å². The zero-order valence-electron chi connectivity index (χ0n) is 13.2. The van der Waals surface area contributed by atoms with E-state index in [1.165, 1.54) is 19.5 Å². The molecule has 2 aromatic rings. The van der Waals surface area contributed by atoms with Gasteiger partial charge in [-0.05, 0) is 30.5 Å². The summed E-state index contributed by atoms with van der Waals surface area (Å²) in [5.41, 5.74) is 2.27. The van der Waals surface area contributed by atoms with Crippen LogP contribution in [0.4, 0.5) is 6.01 Å². The Bertz CT molecular complexity index is 606. The van der Waals surface area contributed by atoms with Crippen LogP contribution in [0.5, 0.6) is 0 Å². The minimum absolute atomic E-state index is 0.444. The van der Waals surface area contributed by atoms with E-state index in [0.717, 1.165) is 49.8 Å². The molecule has 0 amide bonds. The summed E-state index contributed by atoms with van der Waals surface area (Å²) in [4.78, 5) is 9.47. The molecule has 22 heavy (non-hydrogen) atoms. The molecular formula is C17H24N4O. The van der Waals surface area contributed by atoms with Gasteiger partial charge in [-0.2, -0.15) is 4.98 Å². The Kier molecular flexibility index (Phi) is 3.54. The highest BCUT2D eigenvalue weighted by molar-refractivity contribution is 5.74. The zero-order chi connectivity index (χ0) is 15.0. The van der Waals surface area contributed by atoms with Gasteiger partial charge in [0.05, 0.1) is 0 Å². The number of fused-ring (bicyclic) bond motifs is 1. The summed E-state index contributed by atoms with van der Waals surface area (Å²) in [5, 5.41) is 3.49. The highest BCUT2D eigenvalue weighted by Crippen LogP contribution is 2.27. The molecule has 1 atom stereocenters. The fourth-order valence-electron chi connectivity index (χ4n) is 3.64. The van der Waals surface area contributed by atoms with E-state index in [0.29, 0.717) is 5.41 Å². The summed E-state index contributed by atoms with van der Waals surface area (Å²) in [6, 6.07) is 8.76. The number of aromatic nitrogens is 1. The van der Waals surface area contributed by atoms with Crippen molar-refractivity contribution in [2.75, 3.05) is 50.7 Å². The van der Waals surface area contributed by atoms with E-state index >= 15 is 0 Å². The Morgan fingerprint density at radius 2 is 2.05 bits per heavy atom. The van der Waals surface area contributed by atoms with E-state index < -0.39 is 0 Å². The van der Waals surface area contributed by atoms with Crippen LogP contribution in [0.15, 0.2) is 28.7 Å². The van der Waals surface area contributed by atoms with E-state index in [-0.39, 0.29) is 0 Å². The van der Waals surface area contributed by atoms with E-state index in [4.69, 9.17) is 4.42 Å². The van der Waals surface area contributed by atoms with Gasteiger partial charge in [0.2, 0.25) is 0 Å². The van der Waals surface area contributed by atoms with Gasteiger partial charge in [-0.3, -0.25) is 4.90 Å². The van der Waals surface area contributed by atoms with Gasteiger partial charge in [-0.1, -0.05) is 19.1 Å². The fourth-order valence-corrected chi connectivity index (χ4v) is 3.64. The fraction of sp³-hybridized carbons (Fsp3) is 0.588. The summed E-state index contributed by atoms with van der Waals surface area (Å²) in [6.45, 7) is 10.1. The van der Waals surface area contributed by atoms with E-state index in [2.05, 4.69) is 27.0 Å². The van der Waals surface area contributed by atoms with Crippen molar-refractivity contribution in [1.29, 1.82) is 0 Å². The molecule has 0 saturated carbocycles. The van der Waals surface area contributed by atoms with Gasteiger partial charge < -0.3 is 14.6 Å². The lowest BCUT2D eigenvalue weighted by Crippen LogP contribution is -2.50. The molecule has 2 aliphatic rings. The van der Waals surface area contributed by atoms with Gasteiger partial charge in [-0.15, -0.1) is 0 Å². The topological polar surface area (TPSA) is 44.5 Å². The number of anilines is 1. The van der Waals surface area contributed by atoms with Crippen LogP contribution in [0.3, 0.4) is 0 Å². The smallest absolute Gasteiger partial charge is 0.298 e. The maximum atomic E-state index is 5.88. The highest BCUT2D eigenvalue weighted by atomic mass is 16.4. The summed E-state index contributed by atoms with van der Waals surface area (Å²) in [6.07, 6.45) is 1.29. The van der Waals surface area contributed by atoms with Crippen LogP contribution in [0.1, 0.15) is 13.3 Å². The van der Waals surface area contributed by atoms with Crippen molar-refractivity contribution in [3.63, 3.8) is 0 Å². The van der Waals surface area contributed by atoms with Gasteiger partial charge >= 0.3 is 0 Å². The van der Waals surface area contributed by atoms with E-state index in [1.807, 2.05) is 24.3 Å². The number of nitrogens with one attached hydrogen (secondary N) is 1. The molecular weight excluding hydrogens is 276 g/mol. The third kappa shape index (κ3) is 2.71. The summed E-state index contributed by atoms with van der Waals surface area (Å²) in [5.74, 6) is 0. The van der Waals surface area contributed by atoms with E-state index in [1.54, 1.807) is 0 Å². The molecule has 1 aromatic heterocycles. The van der Waals surface area contributed by atoms with Crippen LogP contribution in [-0.2, 0) is 0 Å². The quantitative estimate of drug-likeness (QED) is 0.938. The molecule has 2 aliphatic heterocycles. The first-order valence-corrected chi connectivity index (χ1v) is 8.26. The number of nitrogens with zero attached hydrogens (tertiary/aromatic N) is 3. The molecule has 1 unspecified atom stereocenters. The van der Waals surface area contributed by atoms with Gasteiger partial charge in [0, 0.05) is 39.3 Å². The first-order chi connectivity index (χ1) is 10.7. The molecule has 2 saturated heterocycles. The van der Waals surface area contributed by atoms with Crippen molar-refractivity contribution in [2.45, 2.75) is 13.3 Å². The predicted molar refractivity (Wildman–Crippen MR) is 88.3 cm³/mol. The van der Waals surface area contributed by atoms with Gasteiger partial charge in [0.25, 0.3) is 6.01 Å². The molecule has 0 aliphatic carbocycles. The number of hydrogen-bond donors (Lipinski definition) is 1. The van der Waals surface area contributed by atoms with Crippen molar-refractivity contribution in [1.82, 2.24) is 15.2 Å². The molecule has 4 rings (SSSR count). The molecule has 5 heteroatoms. The second-order valence-electron chi connectivity index (χ2n) is 6.96. The van der Waals surface area contributed by atoms with Crippen LogP contribution in [0.25, 0.3) is 11.1 Å². The normalized spacial score (nSPS) is 26.9. The molecule has 5 nitrogen and oxygen atoms in total. The standard InChI is InChI=1S/C17H24N4O/c1-17(6-7-18-12-17)13-20-8-10-21(11-9-20)16-19-14-4-2-3-5-15(14)22-16/h2-5,18H,6-13H2,1H3. The number of piperazine rings is 1. The SMILES string of the molecule is CC1(CN2CCN(c3nc4ccccc4o3)CC2)CCNC1. The van der Waals surface area contributed by atoms with Gasteiger partial charge in [0.15, 0.2) is 5.58 Å². The maximum absolute atomic E-state index is 5.88. The Balaban J connectivity index is 1.39. The van der Waals surface area contributed by atoms with Crippen LogP contribution in [0.2, 0.25) is 0 Å². The van der Waals surface area contributed by atoms with Gasteiger partial charge in [0.1, 0.15) is 5.52 Å². The molecule has 0 bridgehead atoms. The van der Waals surface area contributed by atoms with Crippen LogP contribution in [0, 0.1) is 5.41 Å². The molecule has 0 radical (unpaired) electrons. The van der Waals surface area contributed by atoms with Crippen molar-refractivity contribution >= 4 is 17.1 Å². The molecule has 1 N–H and O–H groups in total. The van der Waals surface area contributed by atoms with Crippen LogP contribution >= 0.6 is 0 Å². The number of para-hydroxylation sites is 2. The summed E-state index contributed by atoms with van der Waals surface area (Å²) in [7, 11) is 0. The van der Waals surface area contributed by atoms with Crippen molar-refractivity contribution < 1.29 is 4.42 Å². The largest absolute Gasteiger partial charge is 0.423 e. The minimum atomic E-state index is 0.444. The average molecular weight is 300 g/mol. The minimum Gasteiger partial charge on any atom is -0.423 e. The third-order valence-corrected chi connectivity index (χ3v) is 4.99. The first kappa shape index (κ1) is 14.0. The molecule has 2 fully saturated rings. The van der Waals surface area contributed by atoms with Crippen molar-refractivity contribution in [3.05, 3.63) is 24.3 Å². The summed E-state index contributed by atoms with van der Waals surface area (Å²) >= 11 is 0. The molecule has 3 heterocycles.